The minimum Gasteiger partial charge on any atom is -0.465 e. The second-order valence-corrected chi connectivity index (χ2v) is 8.02. The molecule has 2 aromatic rings. The Labute approximate surface area is 185 Å². The Morgan fingerprint density at radius 2 is 2.06 bits per heavy atom. The Bertz CT molecular complexity index is 1020. The second kappa shape index (κ2) is 9.65. The van der Waals surface area contributed by atoms with Crippen LogP contribution < -0.4 is 11.1 Å². The number of nitrogens with one attached hydrogen (secondary N) is 1. The van der Waals surface area contributed by atoms with E-state index in [1.54, 1.807) is 0 Å². The molecule has 1 aromatic heterocycles. The Kier molecular flexibility index (Phi) is 6.95. The lowest BCUT2D eigenvalue weighted by Crippen LogP contribution is -2.52. The topological polar surface area (TPSA) is 141 Å². The molecule has 1 unspecified atom stereocenters. The smallest absolute Gasteiger partial charge is 0.407 e. The minimum absolute atomic E-state index is 0.0878. The van der Waals surface area contributed by atoms with Crippen LogP contribution in [-0.2, 0) is 0 Å². The van der Waals surface area contributed by atoms with Crippen molar-refractivity contribution in [2.45, 2.75) is 24.9 Å². The molecular weight excluding hydrogens is 417 g/mol. The van der Waals surface area contributed by atoms with E-state index in [1.165, 1.54) is 40.0 Å². The first kappa shape index (κ1) is 23.0. The molecule has 3 rings (SSSR count). The molecule has 0 saturated carbocycles. The first-order valence-electron chi connectivity index (χ1n) is 10.2. The molecule has 1 aliphatic rings. The van der Waals surface area contributed by atoms with Crippen molar-refractivity contribution in [2.24, 2.45) is 11.7 Å². The molecule has 32 heavy (non-hydrogen) atoms. The van der Waals surface area contributed by atoms with Crippen LogP contribution in [0.25, 0.3) is 0 Å². The zero-order chi connectivity index (χ0) is 23.4. The third kappa shape index (κ3) is 4.97. The fraction of sp³-hybridized carbons (Fsp3) is 0.429. The van der Waals surface area contributed by atoms with Crippen molar-refractivity contribution in [3.05, 3.63) is 41.8 Å². The zero-order valence-corrected chi connectivity index (χ0v) is 17.9. The molecular formula is C21H26FN7O3. The number of nitrogens with zero attached hydrogens (tertiary/aromatic N) is 5. The van der Waals surface area contributed by atoms with Gasteiger partial charge in [-0.2, -0.15) is 10.4 Å². The van der Waals surface area contributed by atoms with Crippen molar-refractivity contribution in [1.82, 2.24) is 19.6 Å². The standard InChI is InChI=1S/C21H26FN7O3/c1-27(2)9-8-17-18(13(11-23)7-10-28(17)21(31)32)29-12-16(19(24)30)20(26-29)25-15-5-3-14(22)4-6-15/h3-6,12-13,17-18H,7-10H2,1-2H3,(H2,24,30)(H,25,26)(H,31,32)/t13-,17?,18-/m0/s1. The summed E-state index contributed by atoms with van der Waals surface area (Å²) in [6.45, 7) is 0.848. The van der Waals surface area contributed by atoms with Crippen LogP contribution in [0.2, 0.25) is 0 Å². The predicted molar refractivity (Wildman–Crippen MR) is 115 cm³/mol. The average molecular weight is 443 g/mol. The van der Waals surface area contributed by atoms with Crippen LogP contribution in [-0.4, -0.2) is 69.9 Å². The number of benzene rings is 1. The number of amides is 2. The third-order valence-corrected chi connectivity index (χ3v) is 5.58. The minimum atomic E-state index is -1.07. The van der Waals surface area contributed by atoms with Gasteiger partial charge in [0.1, 0.15) is 11.4 Å². The van der Waals surface area contributed by atoms with Crippen LogP contribution >= 0.6 is 0 Å². The summed E-state index contributed by atoms with van der Waals surface area (Å²) in [5.41, 5.74) is 6.13. The van der Waals surface area contributed by atoms with Gasteiger partial charge in [0.05, 0.1) is 24.1 Å². The predicted octanol–water partition coefficient (Wildman–Crippen LogP) is 2.25. The zero-order valence-electron chi connectivity index (χ0n) is 17.9. The van der Waals surface area contributed by atoms with Crippen molar-refractivity contribution in [3.8, 4) is 6.07 Å². The molecule has 4 N–H and O–H groups in total. The molecule has 10 nitrogen and oxygen atoms in total. The molecule has 0 bridgehead atoms. The highest BCUT2D eigenvalue weighted by Crippen LogP contribution is 2.36. The molecule has 11 heteroatoms. The highest BCUT2D eigenvalue weighted by atomic mass is 19.1. The number of carbonyl (C=O) groups excluding carboxylic acids is 1. The van der Waals surface area contributed by atoms with Crippen molar-refractivity contribution in [3.63, 3.8) is 0 Å². The van der Waals surface area contributed by atoms with Gasteiger partial charge < -0.3 is 26.0 Å². The molecule has 1 saturated heterocycles. The van der Waals surface area contributed by atoms with Crippen molar-refractivity contribution in [1.29, 1.82) is 5.26 Å². The van der Waals surface area contributed by atoms with E-state index in [4.69, 9.17) is 5.73 Å². The number of hydrogen-bond donors (Lipinski definition) is 3. The lowest BCUT2D eigenvalue weighted by Gasteiger charge is -2.42. The molecule has 1 fully saturated rings. The molecule has 2 amide bonds. The maximum Gasteiger partial charge on any atom is 0.407 e. The van der Waals surface area contributed by atoms with Crippen molar-refractivity contribution >= 4 is 23.5 Å². The number of carboxylic acid groups (broad SMARTS) is 1. The molecule has 0 spiro atoms. The Balaban J connectivity index is 2.02. The lowest BCUT2D eigenvalue weighted by atomic mass is 9.85. The van der Waals surface area contributed by atoms with Crippen molar-refractivity contribution < 1.29 is 19.1 Å². The van der Waals surface area contributed by atoms with E-state index in [0.29, 0.717) is 25.1 Å². The summed E-state index contributed by atoms with van der Waals surface area (Å²) in [6.07, 6.45) is 1.20. The number of nitrogens with two attached hydrogens (primary N) is 1. The van der Waals surface area contributed by atoms with Crippen LogP contribution in [0.3, 0.4) is 0 Å². The van der Waals surface area contributed by atoms with E-state index in [9.17, 15) is 24.3 Å². The summed E-state index contributed by atoms with van der Waals surface area (Å²) in [6, 6.07) is 6.65. The van der Waals surface area contributed by atoms with Crippen LogP contribution in [0.15, 0.2) is 30.5 Å². The molecule has 2 heterocycles. The monoisotopic (exact) mass is 443 g/mol. The van der Waals surface area contributed by atoms with E-state index < -0.39 is 35.8 Å². The maximum atomic E-state index is 13.2. The summed E-state index contributed by atoms with van der Waals surface area (Å²) >= 11 is 0. The molecule has 0 aliphatic carbocycles. The molecule has 3 atom stereocenters. The van der Waals surface area contributed by atoms with Gasteiger partial charge >= 0.3 is 6.09 Å². The van der Waals surface area contributed by atoms with Gasteiger partial charge in [-0.05, 0) is 57.7 Å². The summed E-state index contributed by atoms with van der Waals surface area (Å²) in [4.78, 5) is 27.3. The fourth-order valence-electron chi connectivity index (χ4n) is 4.01. The van der Waals surface area contributed by atoms with Crippen LogP contribution in [0, 0.1) is 23.1 Å². The normalized spacial score (nSPS) is 20.7. The number of primary amides is 1. The van der Waals surface area contributed by atoms with Gasteiger partial charge in [0.25, 0.3) is 5.91 Å². The quantitative estimate of drug-likeness (QED) is 0.596. The van der Waals surface area contributed by atoms with E-state index in [1.807, 2.05) is 19.0 Å². The van der Waals surface area contributed by atoms with Gasteiger partial charge in [0.15, 0.2) is 5.82 Å². The highest BCUT2D eigenvalue weighted by Gasteiger charge is 2.42. The van der Waals surface area contributed by atoms with Crippen molar-refractivity contribution in [2.75, 3.05) is 32.5 Å². The number of piperidine rings is 1. The number of rotatable bonds is 7. The highest BCUT2D eigenvalue weighted by molar-refractivity contribution is 5.98. The molecule has 1 aliphatic heterocycles. The molecule has 0 radical (unpaired) electrons. The molecule has 1 aromatic carbocycles. The van der Waals surface area contributed by atoms with Gasteiger partial charge in [-0.15, -0.1) is 0 Å². The largest absolute Gasteiger partial charge is 0.465 e. The average Bonchev–Trinajstić information content (AvgIpc) is 3.16. The van der Waals surface area contributed by atoms with E-state index in [0.717, 1.165) is 0 Å². The van der Waals surface area contributed by atoms with Crippen LogP contribution in [0.5, 0.6) is 0 Å². The Morgan fingerprint density at radius 1 is 1.38 bits per heavy atom. The van der Waals surface area contributed by atoms with Gasteiger partial charge in [-0.3, -0.25) is 9.48 Å². The maximum absolute atomic E-state index is 13.2. The van der Waals surface area contributed by atoms with Crippen LogP contribution in [0.4, 0.5) is 20.7 Å². The lowest BCUT2D eigenvalue weighted by molar-refractivity contribution is 0.0544. The fourth-order valence-corrected chi connectivity index (χ4v) is 4.01. The summed E-state index contributed by atoms with van der Waals surface area (Å²) < 4.78 is 14.7. The first-order chi connectivity index (χ1) is 15.2. The van der Waals surface area contributed by atoms with Gasteiger partial charge in [0, 0.05) is 18.4 Å². The Hall–Kier alpha value is -3.65. The van der Waals surface area contributed by atoms with Gasteiger partial charge in [-0.1, -0.05) is 0 Å². The summed E-state index contributed by atoms with van der Waals surface area (Å²) in [7, 11) is 3.77. The SMILES string of the molecule is CN(C)CCC1[C@@H](n2cc(C(N)=O)c(Nc3ccc(F)cc3)n2)[C@H](C#N)CCN1C(=O)O. The second-order valence-electron chi connectivity index (χ2n) is 8.02. The van der Waals surface area contributed by atoms with E-state index in [2.05, 4.69) is 16.5 Å². The van der Waals surface area contributed by atoms with Gasteiger partial charge in [-0.25, -0.2) is 9.18 Å². The Morgan fingerprint density at radius 3 is 2.62 bits per heavy atom. The van der Waals surface area contributed by atoms with E-state index in [-0.39, 0.29) is 17.9 Å². The summed E-state index contributed by atoms with van der Waals surface area (Å²) in [5, 5.41) is 26.9. The number of aromatic nitrogens is 2. The third-order valence-electron chi connectivity index (χ3n) is 5.58. The number of hydrogen-bond acceptors (Lipinski definition) is 6. The molecule has 170 valence electrons. The van der Waals surface area contributed by atoms with E-state index >= 15 is 0 Å². The number of likely N-dealkylation sites (tertiary alicyclic amines) is 1. The number of anilines is 2. The number of carbonyl (C=O) groups is 2. The first-order valence-corrected chi connectivity index (χ1v) is 10.2. The number of nitriles is 1. The van der Waals surface area contributed by atoms with Crippen LogP contribution in [0.1, 0.15) is 29.2 Å². The summed E-state index contributed by atoms with van der Waals surface area (Å²) in [5.74, 6) is -1.49. The number of halogens is 1. The van der Waals surface area contributed by atoms with Gasteiger partial charge in [0.2, 0.25) is 0 Å².